The Morgan fingerprint density at radius 3 is 2.60 bits per heavy atom. The van der Waals surface area contributed by atoms with Gasteiger partial charge in [-0.15, -0.1) is 0 Å². The van der Waals surface area contributed by atoms with E-state index < -0.39 is 0 Å². The van der Waals surface area contributed by atoms with Gasteiger partial charge in [0.25, 0.3) is 0 Å². The van der Waals surface area contributed by atoms with Crippen LogP contribution in [0.15, 0.2) is 6.33 Å². The van der Waals surface area contributed by atoms with Crippen molar-refractivity contribution in [2.75, 3.05) is 23.9 Å². The Labute approximate surface area is 90.7 Å². The van der Waals surface area contributed by atoms with E-state index in [1.807, 2.05) is 7.05 Å². The molecule has 1 rings (SSSR count). The van der Waals surface area contributed by atoms with Gasteiger partial charge in [-0.2, -0.15) is 0 Å². The summed E-state index contributed by atoms with van der Waals surface area (Å²) in [7, 11) is 2.01. The van der Waals surface area contributed by atoms with Crippen LogP contribution < -0.4 is 16.2 Å². The first-order valence-corrected chi connectivity index (χ1v) is 5.14. The minimum Gasteiger partial charge on any atom is -0.360 e. The van der Waals surface area contributed by atoms with E-state index in [9.17, 15) is 0 Å². The number of rotatable bonds is 4. The normalized spacial score (nSPS) is 10.5. The van der Waals surface area contributed by atoms with Crippen LogP contribution in [-0.4, -0.2) is 23.6 Å². The molecule has 0 saturated carbocycles. The number of hydrazine groups is 1. The molecule has 0 bridgehead atoms. The smallest absolute Gasteiger partial charge is 0.148 e. The van der Waals surface area contributed by atoms with E-state index in [0.717, 1.165) is 17.9 Å². The van der Waals surface area contributed by atoms with Crippen LogP contribution in [0.4, 0.5) is 11.6 Å². The maximum atomic E-state index is 5.44. The fourth-order valence-electron chi connectivity index (χ4n) is 1.49. The predicted octanol–water partition coefficient (Wildman–Crippen LogP) is 1.34. The average Bonchev–Trinajstić information content (AvgIpc) is 2.26. The van der Waals surface area contributed by atoms with Crippen molar-refractivity contribution in [3.05, 3.63) is 11.9 Å². The molecule has 0 aliphatic rings. The summed E-state index contributed by atoms with van der Waals surface area (Å²) in [5.41, 5.74) is 3.68. The van der Waals surface area contributed by atoms with Crippen molar-refractivity contribution in [1.29, 1.82) is 0 Å². The van der Waals surface area contributed by atoms with Gasteiger partial charge < -0.3 is 10.3 Å². The van der Waals surface area contributed by atoms with Crippen LogP contribution in [0.1, 0.15) is 32.3 Å². The van der Waals surface area contributed by atoms with E-state index >= 15 is 0 Å². The first-order chi connectivity index (χ1) is 7.11. The number of nitrogens with two attached hydrogens (primary N) is 1. The zero-order valence-electron chi connectivity index (χ0n) is 9.78. The highest BCUT2D eigenvalue weighted by Crippen LogP contribution is 2.29. The van der Waals surface area contributed by atoms with Crippen LogP contribution in [0.5, 0.6) is 0 Å². The molecule has 1 heterocycles. The second kappa shape index (κ2) is 4.93. The molecule has 1 aromatic heterocycles. The molecule has 15 heavy (non-hydrogen) atoms. The highest BCUT2D eigenvalue weighted by Gasteiger charge is 2.16. The molecular formula is C10H19N5. The molecule has 3 N–H and O–H groups in total. The second-order valence-corrected chi connectivity index (χ2v) is 3.77. The predicted molar refractivity (Wildman–Crippen MR) is 62.9 cm³/mol. The third kappa shape index (κ3) is 2.36. The second-order valence-electron chi connectivity index (χ2n) is 3.77. The first-order valence-electron chi connectivity index (χ1n) is 5.14. The van der Waals surface area contributed by atoms with Gasteiger partial charge in [0.2, 0.25) is 0 Å². The number of anilines is 2. The van der Waals surface area contributed by atoms with Crippen molar-refractivity contribution in [2.24, 2.45) is 5.84 Å². The number of hydrogen-bond acceptors (Lipinski definition) is 5. The third-order valence-corrected chi connectivity index (χ3v) is 2.41. The molecule has 84 valence electrons. The van der Waals surface area contributed by atoms with E-state index in [0.29, 0.717) is 11.7 Å². The summed E-state index contributed by atoms with van der Waals surface area (Å²) in [6.45, 7) is 7.20. The van der Waals surface area contributed by atoms with Crippen molar-refractivity contribution in [1.82, 2.24) is 9.97 Å². The van der Waals surface area contributed by atoms with Crippen LogP contribution in [0.3, 0.4) is 0 Å². The zero-order chi connectivity index (χ0) is 11.4. The lowest BCUT2D eigenvalue weighted by atomic mass is 10.0. The maximum Gasteiger partial charge on any atom is 0.148 e. The Morgan fingerprint density at radius 2 is 2.13 bits per heavy atom. The molecule has 0 aromatic carbocycles. The van der Waals surface area contributed by atoms with Gasteiger partial charge in [0.1, 0.15) is 18.0 Å². The number of nitrogens with zero attached hydrogens (tertiary/aromatic N) is 3. The van der Waals surface area contributed by atoms with E-state index in [4.69, 9.17) is 5.84 Å². The molecule has 0 aliphatic carbocycles. The molecule has 0 fully saturated rings. The van der Waals surface area contributed by atoms with Gasteiger partial charge in [0, 0.05) is 19.2 Å². The Bertz CT molecular complexity index is 324. The molecule has 0 radical (unpaired) electrons. The lowest BCUT2D eigenvalue weighted by Crippen LogP contribution is -2.22. The molecule has 0 aliphatic heterocycles. The highest BCUT2D eigenvalue weighted by molar-refractivity contribution is 5.59. The SMILES string of the molecule is CCN(C)c1ncnc(NN)c1C(C)C. The van der Waals surface area contributed by atoms with E-state index in [1.54, 1.807) is 0 Å². The Kier molecular flexibility index (Phi) is 3.85. The first kappa shape index (κ1) is 11.7. The van der Waals surface area contributed by atoms with E-state index in [2.05, 4.69) is 41.1 Å². The van der Waals surface area contributed by atoms with Crippen LogP contribution in [0.2, 0.25) is 0 Å². The fourth-order valence-corrected chi connectivity index (χ4v) is 1.49. The summed E-state index contributed by atoms with van der Waals surface area (Å²) in [6, 6.07) is 0. The van der Waals surface area contributed by atoms with Crippen LogP contribution in [-0.2, 0) is 0 Å². The standard InChI is InChI=1S/C10H19N5/c1-5-15(4)10-8(7(2)3)9(14-11)12-6-13-10/h6-7H,5,11H2,1-4H3,(H,12,13,14). The molecule has 0 saturated heterocycles. The molecule has 5 nitrogen and oxygen atoms in total. The Hall–Kier alpha value is -1.36. The van der Waals surface area contributed by atoms with Crippen LogP contribution >= 0.6 is 0 Å². The maximum absolute atomic E-state index is 5.44. The monoisotopic (exact) mass is 209 g/mol. The number of nitrogen functional groups attached to an aromatic ring is 1. The molecule has 0 amide bonds. The number of hydrogen-bond donors (Lipinski definition) is 2. The van der Waals surface area contributed by atoms with Gasteiger partial charge >= 0.3 is 0 Å². The molecule has 1 aromatic rings. The van der Waals surface area contributed by atoms with Crippen LogP contribution in [0, 0.1) is 0 Å². The summed E-state index contributed by atoms with van der Waals surface area (Å²) in [5.74, 6) is 7.42. The average molecular weight is 209 g/mol. The molecule has 0 spiro atoms. The van der Waals surface area contributed by atoms with Crippen molar-refractivity contribution in [3.8, 4) is 0 Å². The summed E-state index contributed by atoms with van der Waals surface area (Å²) in [6.07, 6.45) is 1.53. The Morgan fingerprint density at radius 1 is 1.47 bits per heavy atom. The summed E-state index contributed by atoms with van der Waals surface area (Å²) >= 11 is 0. The van der Waals surface area contributed by atoms with Crippen LogP contribution in [0.25, 0.3) is 0 Å². The van der Waals surface area contributed by atoms with Crippen molar-refractivity contribution < 1.29 is 0 Å². The molecule has 5 heteroatoms. The van der Waals surface area contributed by atoms with Gasteiger partial charge in [-0.1, -0.05) is 13.8 Å². The summed E-state index contributed by atoms with van der Waals surface area (Å²) < 4.78 is 0. The van der Waals surface area contributed by atoms with E-state index in [-0.39, 0.29) is 0 Å². The number of aromatic nitrogens is 2. The lowest BCUT2D eigenvalue weighted by molar-refractivity contribution is 0.819. The van der Waals surface area contributed by atoms with E-state index in [1.165, 1.54) is 6.33 Å². The topological polar surface area (TPSA) is 67.1 Å². The van der Waals surface area contributed by atoms with Crippen molar-refractivity contribution >= 4 is 11.6 Å². The van der Waals surface area contributed by atoms with Crippen molar-refractivity contribution in [3.63, 3.8) is 0 Å². The minimum absolute atomic E-state index is 0.334. The molecule has 0 atom stereocenters. The Balaban J connectivity index is 3.25. The zero-order valence-corrected chi connectivity index (χ0v) is 9.78. The van der Waals surface area contributed by atoms with Crippen molar-refractivity contribution in [2.45, 2.75) is 26.7 Å². The molecular weight excluding hydrogens is 190 g/mol. The highest BCUT2D eigenvalue weighted by atomic mass is 15.3. The number of nitrogens with one attached hydrogen (secondary N) is 1. The molecule has 0 unspecified atom stereocenters. The summed E-state index contributed by atoms with van der Waals surface area (Å²) in [4.78, 5) is 10.5. The van der Waals surface area contributed by atoms with Gasteiger partial charge in [0.15, 0.2) is 0 Å². The van der Waals surface area contributed by atoms with Gasteiger partial charge in [-0.3, -0.25) is 0 Å². The minimum atomic E-state index is 0.334. The lowest BCUT2D eigenvalue weighted by Gasteiger charge is -2.22. The van der Waals surface area contributed by atoms with Gasteiger partial charge in [-0.25, -0.2) is 15.8 Å². The quantitative estimate of drug-likeness (QED) is 0.578. The van der Waals surface area contributed by atoms with Gasteiger partial charge in [0.05, 0.1) is 0 Å². The third-order valence-electron chi connectivity index (χ3n) is 2.41. The fraction of sp³-hybridized carbons (Fsp3) is 0.600. The van der Waals surface area contributed by atoms with Gasteiger partial charge in [-0.05, 0) is 12.8 Å². The largest absolute Gasteiger partial charge is 0.360 e. The summed E-state index contributed by atoms with van der Waals surface area (Å²) in [5, 5.41) is 0.